The minimum atomic E-state index is -0.782. The zero-order valence-corrected chi connectivity index (χ0v) is 11.4. The minimum Gasteiger partial charge on any atom is -0.474 e. The van der Waals surface area contributed by atoms with Crippen LogP contribution in [0.25, 0.3) is 0 Å². The lowest BCUT2D eigenvalue weighted by molar-refractivity contribution is -0.390. The summed E-state index contributed by atoms with van der Waals surface area (Å²) in [7, 11) is 0. The third-order valence-electron chi connectivity index (χ3n) is 2.91. The summed E-state index contributed by atoms with van der Waals surface area (Å²) >= 11 is 0. The topological polar surface area (TPSA) is 82.3 Å². The fourth-order valence-electron chi connectivity index (χ4n) is 1.88. The lowest BCUT2D eigenvalue weighted by atomic mass is 10.0. The molecule has 6 nitrogen and oxygen atoms in total. The summed E-state index contributed by atoms with van der Waals surface area (Å²) < 4.78 is 5.52. The molecule has 0 spiro atoms. The Morgan fingerprint density at radius 1 is 1.29 bits per heavy atom. The molecule has 0 radical (unpaired) electrons. The molecule has 0 aliphatic carbocycles. The van der Waals surface area contributed by atoms with Crippen LogP contribution in [-0.4, -0.2) is 21.8 Å². The average Bonchev–Trinajstić information content (AvgIpc) is 2.53. The first-order valence-corrected chi connectivity index (χ1v) is 6.48. The van der Waals surface area contributed by atoms with Crippen LogP contribution < -0.4 is 4.74 Å². The van der Waals surface area contributed by atoms with Gasteiger partial charge >= 0.3 is 5.82 Å². The number of carbonyl (C=O) groups excluding carboxylic acids is 1. The highest BCUT2D eigenvalue weighted by molar-refractivity contribution is 5.99. The Bertz CT molecular complexity index is 643. The van der Waals surface area contributed by atoms with Crippen LogP contribution in [0.4, 0.5) is 5.82 Å². The van der Waals surface area contributed by atoms with Crippen LogP contribution in [0.1, 0.15) is 23.7 Å². The molecule has 2 aromatic rings. The summed E-state index contributed by atoms with van der Waals surface area (Å²) in [5, 5.41) is 10.9. The van der Waals surface area contributed by atoms with Crippen LogP contribution in [-0.2, 0) is 0 Å². The van der Waals surface area contributed by atoms with Crippen LogP contribution >= 0.6 is 0 Å². The summed E-state index contributed by atoms with van der Waals surface area (Å²) in [6, 6.07) is 11.7. The molecular weight excluding hydrogens is 272 g/mol. The lowest BCUT2D eigenvalue weighted by Crippen LogP contribution is -2.27. The van der Waals surface area contributed by atoms with E-state index in [-0.39, 0.29) is 11.5 Å². The highest BCUT2D eigenvalue weighted by Gasteiger charge is 2.24. The van der Waals surface area contributed by atoms with Crippen molar-refractivity contribution in [2.24, 2.45) is 0 Å². The van der Waals surface area contributed by atoms with Crippen molar-refractivity contribution in [1.29, 1.82) is 0 Å². The number of pyridine rings is 1. The van der Waals surface area contributed by atoms with Gasteiger partial charge in [-0.15, -0.1) is 0 Å². The average molecular weight is 286 g/mol. The molecule has 0 aliphatic heterocycles. The van der Waals surface area contributed by atoms with E-state index in [1.807, 2.05) is 6.07 Å². The molecule has 1 aromatic heterocycles. The molecule has 2 rings (SSSR count). The first-order valence-electron chi connectivity index (χ1n) is 6.48. The third kappa shape index (κ3) is 3.42. The van der Waals surface area contributed by atoms with E-state index in [1.54, 1.807) is 31.2 Å². The van der Waals surface area contributed by atoms with Gasteiger partial charge in [0.1, 0.15) is 6.20 Å². The Kier molecular flexibility index (Phi) is 4.61. The lowest BCUT2D eigenvalue weighted by Gasteiger charge is -2.16. The van der Waals surface area contributed by atoms with Gasteiger partial charge in [-0.05, 0) is 28.5 Å². The Morgan fingerprint density at radius 2 is 2.00 bits per heavy atom. The predicted molar refractivity (Wildman–Crippen MR) is 76.4 cm³/mol. The molecule has 1 heterocycles. The van der Waals surface area contributed by atoms with Crippen LogP contribution in [0.2, 0.25) is 0 Å². The van der Waals surface area contributed by atoms with E-state index in [4.69, 9.17) is 4.74 Å². The number of benzene rings is 1. The van der Waals surface area contributed by atoms with Crippen molar-refractivity contribution in [2.45, 2.75) is 19.4 Å². The van der Waals surface area contributed by atoms with E-state index < -0.39 is 16.8 Å². The van der Waals surface area contributed by atoms with Crippen molar-refractivity contribution < 1.29 is 14.5 Å². The van der Waals surface area contributed by atoms with Gasteiger partial charge in [0, 0.05) is 5.56 Å². The van der Waals surface area contributed by atoms with Gasteiger partial charge in [0.15, 0.2) is 6.10 Å². The van der Waals surface area contributed by atoms with Crippen LogP contribution in [0.3, 0.4) is 0 Å². The van der Waals surface area contributed by atoms with Crippen molar-refractivity contribution in [2.75, 3.05) is 0 Å². The molecule has 1 aromatic carbocycles. The van der Waals surface area contributed by atoms with Gasteiger partial charge in [-0.2, -0.15) is 0 Å². The van der Waals surface area contributed by atoms with Crippen molar-refractivity contribution in [1.82, 2.24) is 4.98 Å². The number of carbonyl (C=O) groups is 1. The Hall–Kier alpha value is -2.76. The third-order valence-corrected chi connectivity index (χ3v) is 2.91. The molecule has 0 aliphatic rings. The number of ketones is 1. The molecule has 0 fully saturated rings. The van der Waals surface area contributed by atoms with Gasteiger partial charge in [-0.3, -0.25) is 4.79 Å². The fraction of sp³-hybridized carbons (Fsp3) is 0.200. The summed E-state index contributed by atoms with van der Waals surface area (Å²) in [5.74, 6) is -0.605. The van der Waals surface area contributed by atoms with Gasteiger partial charge in [0.25, 0.3) is 0 Å². The standard InChI is InChI=1S/C15H14N2O4/c1-2-12(14(18)11-7-4-3-5-8-11)21-13-9-6-10-16-15(13)17(19)20/h3-10,12H,2H2,1H3. The van der Waals surface area contributed by atoms with E-state index in [9.17, 15) is 14.9 Å². The molecule has 0 saturated carbocycles. The Labute approximate surface area is 121 Å². The second kappa shape index (κ2) is 6.60. The molecule has 6 heteroatoms. The van der Waals surface area contributed by atoms with Crippen LogP contribution in [0.5, 0.6) is 5.75 Å². The highest BCUT2D eigenvalue weighted by atomic mass is 16.6. The van der Waals surface area contributed by atoms with Crippen LogP contribution in [0.15, 0.2) is 48.7 Å². The monoisotopic (exact) mass is 286 g/mol. The number of hydrogen-bond acceptors (Lipinski definition) is 5. The normalized spacial score (nSPS) is 11.7. The number of nitro groups is 1. The molecule has 1 atom stereocenters. The number of hydrogen-bond donors (Lipinski definition) is 0. The zero-order chi connectivity index (χ0) is 15.2. The number of Topliss-reactive ketones (excluding diaryl/α,β-unsaturated/α-hetero) is 1. The van der Waals surface area contributed by atoms with Crippen molar-refractivity contribution in [3.05, 3.63) is 64.3 Å². The SMILES string of the molecule is CCC(Oc1cccnc1[N+](=O)[O-])C(=O)c1ccccc1. The maximum Gasteiger partial charge on any atom is 0.406 e. The second-order valence-electron chi connectivity index (χ2n) is 4.33. The van der Waals surface area contributed by atoms with Crippen molar-refractivity contribution in [3.8, 4) is 5.75 Å². The number of nitrogens with zero attached hydrogens (tertiary/aromatic N) is 2. The van der Waals surface area contributed by atoms with Gasteiger partial charge in [0.05, 0.1) is 0 Å². The first-order chi connectivity index (χ1) is 10.1. The molecule has 1 unspecified atom stereocenters. The summed E-state index contributed by atoms with van der Waals surface area (Å²) in [6.45, 7) is 1.79. The maximum atomic E-state index is 12.3. The summed E-state index contributed by atoms with van der Waals surface area (Å²) in [4.78, 5) is 26.3. The number of ether oxygens (including phenoxy) is 1. The largest absolute Gasteiger partial charge is 0.474 e. The van der Waals surface area contributed by atoms with Crippen LogP contribution in [0, 0.1) is 10.1 Å². The van der Waals surface area contributed by atoms with Crippen molar-refractivity contribution in [3.63, 3.8) is 0 Å². The first kappa shape index (κ1) is 14.6. The van der Waals surface area contributed by atoms with Gasteiger partial charge in [0.2, 0.25) is 11.5 Å². The molecule has 0 bridgehead atoms. The Balaban J connectivity index is 2.24. The van der Waals surface area contributed by atoms with E-state index in [1.165, 1.54) is 18.3 Å². The number of rotatable bonds is 6. The minimum absolute atomic E-state index is 0.00127. The van der Waals surface area contributed by atoms with Gasteiger partial charge in [-0.1, -0.05) is 37.3 Å². The fourth-order valence-corrected chi connectivity index (χ4v) is 1.88. The summed E-state index contributed by atoms with van der Waals surface area (Å²) in [6.07, 6.45) is 0.931. The van der Waals surface area contributed by atoms with Gasteiger partial charge in [-0.25, -0.2) is 0 Å². The molecule has 0 N–H and O–H groups in total. The molecular formula is C15H14N2O4. The van der Waals surface area contributed by atoms with Gasteiger partial charge < -0.3 is 14.9 Å². The number of aromatic nitrogens is 1. The molecule has 108 valence electrons. The second-order valence-corrected chi connectivity index (χ2v) is 4.33. The molecule has 0 saturated heterocycles. The smallest absolute Gasteiger partial charge is 0.406 e. The predicted octanol–water partition coefficient (Wildman–Crippen LogP) is 3.03. The van der Waals surface area contributed by atoms with E-state index in [0.717, 1.165) is 0 Å². The van der Waals surface area contributed by atoms with Crippen molar-refractivity contribution >= 4 is 11.6 Å². The van der Waals surface area contributed by atoms with E-state index in [2.05, 4.69) is 4.98 Å². The quantitative estimate of drug-likeness (QED) is 0.463. The summed E-state index contributed by atoms with van der Waals surface area (Å²) in [5.41, 5.74) is 0.510. The molecule has 21 heavy (non-hydrogen) atoms. The van der Waals surface area contributed by atoms with E-state index >= 15 is 0 Å². The molecule has 0 amide bonds. The van der Waals surface area contributed by atoms with E-state index in [0.29, 0.717) is 12.0 Å². The Morgan fingerprint density at radius 3 is 2.62 bits per heavy atom. The zero-order valence-electron chi connectivity index (χ0n) is 11.4. The highest BCUT2D eigenvalue weighted by Crippen LogP contribution is 2.25. The maximum absolute atomic E-state index is 12.3.